The van der Waals surface area contributed by atoms with Crippen LogP contribution in [-0.2, 0) is 0 Å². The van der Waals surface area contributed by atoms with Gasteiger partial charge in [0.25, 0.3) is 0 Å². The predicted octanol–water partition coefficient (Wildman–Crippen LogP) is 4.68. The van der Waals surface area contributed by atoms with Crippen molar-refractivity contribution in [3.63, 3.8) is 0 Å². The van der Waals surface area contributed by atoms with E-state index in [9.17, 15) is 0 Å². The fourth-order valence-corrected chi connectivity index (χ4v) is 4.29. The molecule has 0 spiro atoms. The van der Waals surface area contributed by atoms with Gasteiger partial charge in [0.2, 0.25) is 0 Å². The molecule has 1 aromatic heterocycles. The summed E-state index contributed by atoms with van der Waals surface area (Å²) in [6.45, 7) is 2.19. The van der Waals surface area contributed by atoms with Crippen LogP contribution in [0.5, 0.6) is 0 Å². The summed E-state index contributed by atoms with van der Waals surface area (Å²) in [6, 6.07) is 6.91. The molecule has 100 valence electrons. The van der Waals surface area contributed by atoms with Crippen LogP contribution < -0.4 is 5.32 Å². The molecular formula is C14H15ClN2S2. The zero-order valence-electron chi connectivity index (χ0n) is 10.6. The SMILES string of the molecule is CC(NC1CCSc2ccc(Cl)cc21)c1cncs1. The number of halogens is 1. The van der Waals surface area contributed by atoms with E-state index in [1.807, 2.05) is 29.5 Å². The van der Waals surface area contributed by atoms with Gasteiger partial charge in [-0.1, -0.05) is 11.6 Å². The van der Waals surface area contributed by atoms with Gasteiger partial charge >= 0.3 is 0 Å². The maximum atomic E-state index is 6.13. The quantitative estimate of drug-likeness (QED) is 0.890. The zero-order valence-corrected chi connectivity index (χ0v) is 13.0. The molecule has 1 N–H and O–H groups in total. The smallest absolute Gasteiger partial charge is 0.0794 e. The molecule has 3 rings (SSSR count). The number of thioether (sulfide) groups is 1. The third-order valence-electron chi connectivity index (χ3n) is 3.34. The molecule has 5 heteroatoms. The fourth-order valence-electron chi connectivity index (χ4n) is 2.36. The zero-order chi connectivity index (χ0) is 13.2. The summed E-state index contributed by atoms with van der Waals surface area (Å²) < 4.78 is 0. The van der Waals surface area contributed by atoms with Crippen molar-refractivity contribution in [1.29, 1.82) is 0 Å². The lowest BCUT2D eigenvalue weighted by Gasteiger charge is -2.28. The summed E-state index contributed by atoms with van der Waals surface area (Å²) in [4.78, 5) is 6.78. The van der Waals surface area contributed by atoms with Gasteiger partial charge in [0.05, 0.1) is 5.51 Å². The summed E-state index contributed by atoms with van der Waals surface area (Å²) in [6.07, 6.45) is 3.08. The van der Waals surface area contributed by atoms with Crippen LogP contribution in [0, 0.1) is 0 Å². The molecule has 0 saturated heterocycles. The van der Waals surface area contributed by atoms with E-state index in [1.165, 1.54) is 15.3 Å². The first-order chi connectivity index (χ1) is 9.24. The van der Waals surface area contributed by atoms with Crippen molar-refractivity contribution in [2.45, 2.75) is 30.3 Å². The number of fused-ring (bicyclic) bond motifs is 1. The molecule has 1 aliphatic rings. The average Bonchev–Trinajstić information content (AvgIpc) is 2.93. The van der Waals surface area contributed by atoms with Gasteiger partial charge in [-0.3, -0.25) is 4.98 Å². The Hall–Kier alpha value is -0.550. The largest absolute Gasteiger partial charge is 0.302 e. The molecule has 0 radical (unpaired) electrons. The van der Waals surface area contributed by atoms with Crippen LogP contribution in [0.4, 0.5) is 0 Å². The van der Waals surface area contributed by atoms with Gasteiger partial charge in [0.15, 0.2) is 0 Å². The molecule has 0 bridgehead atoms. The third-order valence-corrected chi connectivity index (χ3v) is 5.66. The molecule has 0 saturated carbocycles. The second-order valence-electron chi connectivity index (χ2n) is 4.66. The minimum atomic E-state index is 0.326. The first-order valence-corrected chi connectivity index (χ1v) is 8.55. The highest BCUT2D eigenvalue weighted by atomic mass is 35.5. The van der Waals surface area contributed by atoms with E-state index in [2.05, 4.69) is 29.4 Å². The fraction of sp³-hybridized carbons (Fsp3) is 0.357. The number of hydrogen-bond acceptors (Lipinski definition) is 4. The molecule has 1 aliphatic heterocycles. The molecule has 2 heterocycles. The molecule has 1 aromatic carbocycles. The van der Waals surface area contributed by atoms with Crippen LogP contribution in [0.2, 0.25) is 5.02 Å². The van der Waals surface area contributed by atoms with Gasteiger partial charge < -0.3 is 5.32 Å². The van der Waals surface area contributed by atoms with E-state index in [1.54, 1.807) is 11.3 Å². The summed E-state index contributed by atoms with van der Waals surface area (Å²) in [5.74, 6) is 1.15. The first kappa shape index (κ1) is 13.4. The number of rotatable bonds is 3. The van der Waals surface area contributed by atoms with E-state index >= 15 is 0 Å². The maximum Gasteiger partial charge on any atom is 0.0794 e. The Labute approximate surface area is 126 Å². The Morgan fingerprint density at radius 2 is 2.37 bits per heavy atom. The highest BCUT2D eigenvalue weighted by molar-refractivity contribution is 7.99. The van der Waals surface area contributed by atoms with Crippen molar-refractivity contribution in [2.24, 2.45) is 0 Å². The minimum absolute atomic E-state index is 0.326. The predicted molar refractivity (Wildman–Crippen MR) is 83.2 cm³/mol. The number of benzene rings is 1. The van der Waals surface area contributed by atoms with E-state index in [4.69, 9.17) is 11.6 Å². The highest BCUT2D eigenvalue weighted by Gasteiger charge is 2.23. The summed E-state index contributed by atoms with van der Waals surface area (Å²) in [5, 5.41) is 4.52. The second kappa shape index (κ2) is 5.83. The lowest BCUT2D eigenvalue weighted by Crippen LogP contribution is -2.26. The Bertz CT molecular complexity index is 557. The van der Waals surface area contributed by atoms with Crippen LogP contribution in [0.3, 0.4) is 0 Å². The van der Waals surface area contributed by atoms with E-state index in [0.29, 0.717) is 12.1 Å². The van der Waals surface area contributed by atoms with Gasteiger partial charge in [-0.25, -0.2) is 0 Å². The Morgan fingerprint density at radius 3 is 3.16 bits per heavy atom. The lowest BCUT2D eigenvalue weighted by atomic mass is 10.0. The molecule has 2 aromatic rings. The highest BCUT2D eigenvalue weighted by Crippen LogP contribution is 2.38. The molecule has 0 fully saturated rings. The van der Waals surface area contributed by atoms with Gasteiger partial charge in [-0.05, 0) is 42.9 Å². The number of aromatic nitrogens is 1. The third kappa shape index (κ3) is 2.97. The molecule has 2 unspecified atom stereocenters. The van der Waals surface area contributed by atoms with Crippen LogP contribution in [0.25, 0.3) is 0 Å². The molecular weight excluding hydrogens is 296 g/mol. The molecule has 0 aliphatic carbocycles. The lowest BCUT2D eigenvalue weighted by molar-refractivity contribution is 0.454. The first-order valence-electron chi connectivity index (χ1n) is 6.31. The van der Waals surface area contributed by atoms with Crippen molar-refractivity contribution in [3.05, 3.63) is 45.4 Å². The molecule has 19 heavy (non-hydrogen) atoms. The average molecular weight is 311 g/mol. The number of nitrogens with zero attached hydrogens (tertiary/aromatic N) is 1. The number of thiazole rings is 1. The molecule has 2 nitrogen and oxygen atoms in total. The van der Waals surface area contributed by atoms with Gasteiger partial charge in [0.1, 0.15) is 0 Å². The van der Waals surface area contributed by atoms with Crippen LogP contribution in [0.1, 0.15) is 35.9 Å². The summed E-state index contributed by atoms with van der Waals surface area (Å²) in [7, 11) is 0. The second-order valence-corrected chi connectivity index (χ2v) is 7.16. The molecule has 2 atom stereocenters. The summed E-state index contributed by atoms with van der Waals surface area (Å²) >= 11 is 9.75. The monoisotopic (exact) mass is 310 g/mol. The van der Waals surface area contributed by atoms with Crippen molar-refractivity contribution >= 4 is 34.7 Å². The standard InChI is InChI=1S/C14H15ClN2S2/c1-9(14-7-16-8-19-14)17-12-4-5-18-13-3-2-10(15)6-11(12)13/h2-3,6-9,12,17H,4-5H2,1H3. The van der Waals surface area contributed by atoms with Crippen LogP contribution in [-0.4, -0.2) is 10.7 Å². The van der Waals surface area contributed by atoms with E-state index < -0.39 is 0 Å². The van der Waals surface area contributed by atoms with E-state index in [-0.39, 0.29) is 0 Å². The topological polar surface area (TPSA) is 24.9 Å². The van der Waals surface area contributed by atoms with Crippen molar-refractivity contribution in [2.75, 3.05) is 5.75 Å². The van der Waals surface area contributed by atoms with Crippen molar-refractivity contribution < 1.29 is 0 Å². The number of hydrogen-bond donors (Lipinski definition) is 1. The normalized spacial score (nSPS) is 20.0. The maximum absolute atomic E-state index is 6.13. The van der Waals surface area contributed by atoms with Gasteiger partial charge in [-0.2, -0.15) is 0 Å². The summed E-state index contributed by atoms with van der Waals surface area (Å²) in [5.41, 5.74) is 3.22. The number of nitrogens with one attached hydrogen (secondary N) is 1. The molecule has 0 amide bonds. The van der Waals surface area contributed by atoms with Crippen LogP contribution in [0.15, 0.2) is 34.8 Å². The Balaban J connectivity index is 1.81. The van der Waals surface area contributed by atoms with Crippen molar-refractivity contribution in [1.82, 2.24) is 10.3 Å². The Morgan fingerprint density at radius 1 is 1.47 bits per heavy atom. The van der Waals surface area contributed by atoms with Gasteiger partial charge in [-0.15, -0.1) is 23.1 Å². The van der Waals surface area contributed by atoms with E-state index in [0.717, 1.165) is 17.2 Å². The van der Waals surface area contributed by atoms with Gasteiger partial charge in [0, 0.05) is 33.1 Å². The van der Waals surface area contributed by atoms with Crippen molar-refractivity contribution in [3.8, 4) is 0 Å². The Kier molecular flexibility index (Phi) is 4.12. The minimum Gasteiger partial charge on any atom is -0.302 e. The van der Waals surface area contributed by atoms with Crippen LogP contribution >= 0.6 is 34.7 Å².